The molecule has 0 spiro atoms. The molecule has 0 aliphatic carbocycles. The first kappa shape index (κ1) is 19.1. The first-order valence-corrected chi connectivity index (χ1v) is 8.00. The van der Waals surface area contributed by atoms with Crippen molar-refractivity contribution < 1.29 is 9.90 Å². The molecule has 0 radical (unpaired) electrons. The number of unbranched alkanes of at least 4 members (excludes halogenated alkanes) is 6. The molecule has 3 N–H and O–H groups in total. The van der Waals surface area contributed by atoms with Gasteiger partial charge in [0.2, 0.25) is 5.91 Å². The zero-order valence-electron chi connectivity index (χ0n) is 13.0. The van der Waals surface area contributed by atoms with E-state index in [2.05, 4.69) is 16.7 Å². The van der Waals surface area contributed by atoms with E-state index in [-0.39, 0.29) is 5.91 Å². The van der Waals surface area contributed by atoms with Crippen LogP contribution in [-0.4, -0.2) is 30.8 Å². The third-order valence-electron chi connectivity index (χ3n) is 3.18. The highest BCUT2D eigenvalue weighted by atomic mass is 16.2. The van der Waals surface area contributed by atoms with E-state index in [4.69, 9.17) is 5.11 Å². The largest absolute Gasteiger partial charge is 0.396 e. The lowest BCUT2D eigenvalue weighted by Gasteiger charge is -2.07. The van der Waals surface area contributed by atoms with Crippen LogP contribution < -0.4 is 10.6 Å². The second-order valence-corrected chi connectivity index (χ2v) is 5.08. The highest BCUT2D eigenvalue weighted by molar-refractivity contribution is 5.75. The summed E-state index contributed by atoms with van der Waals surface area (Å²) in [7, 11) is 0. The van der Waals surface area contributed by atoms with Gasteiger partial charge in [-0.2, -0.15) is 0 Å². The van der Waals surface area contributed by atoms with Crippen LogP contribution in [0.4, 0.5) is 0 Å². The molecule has 0 aromatic rings. The Labute approximate surface area is 124 Å². The van der Waals surface area contributed by atoms with Gasteiger partial charge in [0.1, 0.15) is 0 Å². The number of carbonyl (C=O) groups is 1. The van der Waals surface area contributed by atoms with Gasteiger partial charge in [-0.3, -0.25) is 10.1 Å². The molecule has 20 heavy (non-hydrogen) atoms. The molecule has 1 amide bonds. The summed E-state index contributed by atoms with van der Waals surface area (Å²) in [5.74, 6) is 0.131. The first-order valence-electron chi connectivity index (χ1n) is 8.00. The smallest absolute Gasteiger partial charge is 0.220 e. The zero-order chi connectivity index (χ0) is 14.9. The van der Waals surface area contributed by atoms with Gasteiger partial charge in [0.05, 0.1) is 6.67 Å². The Morgan fingerprint density at radius 1 is 1.05 bits per heavy atom. The lowest BCUT2D eigenvalue weighted by Crippen LogP contribution is -2.34. The predicted molar refractivity (Wildman–Crippen MR) is 84.5 cm³/mol. The van der Waals surface area contributed by atoms with Crippen molar-refractivity contribution in [1.82, 2.24) is 10.6 Å². The summed E-state index contributed by atoms with van der Waals surface area (Å²) in [6.45, 7) is 3.85. The number of aliphatic hydroxyl groups excluding tert-OH is 1. The van der Waals surface area contributed by atoms with E-state index in [1.54, 1.807) is 0 Å². The fourth-order valence-electron chi connectivity index (χ4n) is 1.95. The summed E-state index contributed by atoms with van der Waals surface area (Å²) in [5.41, 5.74) is 0. The molecule has 0 fully saturated rings. The molecule has 0 aromatic heterocycles. The summed E-state index contributed by atoms with van der Waals surface area (Å²) in [4.78, 5) is 11.4. The third-order valence-corrected chi connectivity index (χ3v) is 3.18. The van der Waals surface area contributed by atoms with Gasteiger partial charge >= 0.3 is 0 Å². The van der Waals surface area contributed by atoms with E-state index in [1.807, 2.05) is 13.0 Å². The van der Waals surface area contributed by atoms with E-state index in [0.717, 1.165) is 38.6 Å². The second-order valence-electron chi connectivity index (χ2n) is 5.08. The molecule has 0 saturated carbocycles. The molecular formula is C16H32N2O2. The molecule has 118 valence electrons. The molecule has 0 atom stereocenters. The second kappa shape index (κ2) is 16.2. The van der Waals surface area contributed by atoms with Crippen molar-refractivity contribution in [2.45, 2.75) is 64.7 Å². The van der Waals surface area contributed by atoms with Crippen molar-refractivity contribution in [2.75, 3.05) is 19.8 Å². The molecule has 0 unspecified atom stereocenters. The normalized spacial score (nSPS) is 11.1. The molecule has 0 rings (SSSR count). The molecule has 0 bridgehead atoms. The number of nitrogens with one attached hydrogen (secondary N) is 2. The first-order chi connectivity index (χ1) is 9.81. The Kier molecular flexibility index (Phi) is 15.5. The fourth-order valence-corrected chi connectivity index (χ4v) is 1.95. The Bertz CT molecular complexity index is 243. The number of allylic oxidation sites excluding steroid dienone is 2. The Balaban J connectivity index is 3.13. The molecule has 0 heterocycles. The minimum atomic E-state index is 0.131. The van der Waals surface area contributed by atoms with Crippen LogP contribution in [0.5, 0.6) is 0 Å². The monoisotopic (exact) mass is 284 g/mol. The average Bonchev–Trinajstić information content (AvgIpc) is 2.45. The number of carbonyl (C=O) groups excluding carboxylic acids is 1. The summed E-state index contributed by atoms with van der Waals surface area (Å²) in [6, 6.07) is 0. The van der Waals surface area contributed by atoms with Crippen LogP contribution in [0.15, 0.2) is 12.2 Å². The van der Waals surface area contributed by atoms with Crippen molar-refractivity contribution in [1.29, 1.82) is 0 Å². The highest BCUT2D eigenvalue weighted by Crippen LogP contribution is 2.04. The van der Waals surface area contributed by atoms with Crippen LogP contribution in [0.2, 0.25) is 0 Å². The Morgan fingerprint density at radius 3 is 2.45 bits per heavy atom. The van der Waals surface area contributed by atoms with Crippen LogP contribution in [-0.2, 0) is 4.79 Å². The highest BCUT2D eigenvalue weighted by Gasteiger charge is 1.98. The van der Waals surface area contributed by atoms with Gasteiger partial charge in [-0.05, 0) is 39.2 Å². The number of hydrogen-bond acceptors (Lipinski definition) is 3. The van der Waals surface area contributed by atoms with Crippen LogP contribution in [0.1, 0.15) is 64.7 Å². The molecule has 4 heteroatoms. The van der Waals surface area contributed by atoms with Crippen LogP contribution in [0.3, 0.4) is 0 Å². The topological polar surface area (TPSA) is 61.4 Å². The molecule has 0 saturated heterocycles. The van der Waals surface area contributed by atoms with Gasteiger partial charge in [-0.25, -0.2) is 0 Å². The number of hydrogen-bond donors (Lipinski definition) is 3. The van der Waals surface area contributed by atoms with Gasteiger partial charge in [-0.1, -0.05) is 37.8 Å². The Hall–Kier alpha value is -0.870. The quantitative estimate of drug-likeness (QED) is 0.261. The fraction of sp³-hybridized carbons (Fsp3) is 0.812. The standard InChI is InChI=1S/C16H32N2O2/c1-2-3-4-9-12-16(20)18-15-17-13-10-7-5-6-8-11-14-19/h2-3,17,19H,4-15H2,1H3,(H,18,20)/b3-2+. The van der Waals surface area contributed by atoms with Gasteiger partial charge in [0.15, 0.2) is 0 Å². The number of amides is 1. The van der Waals surface area contributed by atoms with Gasteiger partial charge in [0, 0.05) is 13.0 Å². The average molecular weight is 284 g/mol. The summed E-state index contributed by atoms with van der Waals surface area (Å²) in [5, 5.41) is 14.8. The molecular weight excluding hydrogens is 252 g/mol. The molecule has 0 aromatic carbocycles. The minimum Gasteiger partial charge on any atom is -0.396 e. The zero-order valence-corrected chi connectivity index (χ0v) is 13.0. The predicted octanol–water partition coefficient (Wildman–Crippen LogP) is 2.73. The summed E-state index contributed by atoms with van der Waals surface area (Å²) >= 11 is 0. The lowest BCUT2D eigenvalue weighted by atomic mass is 10.1. The SMILES string of the molecule is C/C=C/CCCC(=O)NCNCCCCCCCCO. The van der Waals surface area contributed by atoms with E-state index in [1.165, 1.54) is 19.3 Å². The van der Waals surface area contributed by atoms with Crippen LogP contribution >= 0.6 is 0 Å². The van der Waals surface area contributed by atoms with Crippen molar-refractivity contribution in [3.05, 3.63) is 12.2 Å². The van der Waals surface area contributed by atoms with Crippen LogP contribution in [0, 0.1) is 0 Å². The lowest BCUT2D eigenvalue weighted by molar-refractivity contribution is -0.121. The maximum absolute atomic E-state index is 11.4. The van der Waals surface area contributed by atoms with Crippen molar-refractivity contribution in [3.63, 3.8) is 0 Å². The Morgan fingerprint density at radius 2 is 1.75 bits per heavy atom. The summed E-state index contributed by atoms with van der Waals surface area (Å²) in [6.07, 6.45) is 13.5. The van der Waals surface area contributed by atoms with Gasteiger partial charge in [0.25, 0.3) is 0 Å². The maximum atomic E-state index is 11.4. The van der Waals surface area contributed by atoms with E-state index >= 15 is 0 Å². The maximum Gasteiger partial charge on any atom is 0.220 e. The molecule has 4 nitrogen and oxygen atoms in total. The minimum absolute atomic E-state index is 0.131. The van der Waals surface area contributed by atoms with Gasteiger partial charge in [-0.15, -0.1) is 0 Å². The summed E-state index contributed by atoms with van der Waals surface area (Å²) < 4.78 is 0. The van der Waals surface area contributed by atoms with Crippen molar-refractivity contribution in [2.24, 2.45) is 0 Å². The van der Waals surface area contributed by atoms with E-state index < -0.39 is 0 Å². The van der Waals surface area contributed by atoms with Gasteiger partial charge < -0.3 is 10.4 Å². The van der Waals surface area contributed by atoms with Crippen molar-refractivity contribution >= 4 is 5.91 Å². The van der Waals surface area contributed by atoms with Crippen LogP contribution in [0.25, 0.3) is 0 Å². The van der Waals surface area contributed by atoms with Crippen molar-refractivity contribution in [3.8, 4) is 0 Å². The molecule has 0 aliphatic rings. The van der Waals surface area contributed by atoms with E-state index in [0.29, 0.717) is 19.7 Å². The molecule has 0 aliphatic heterocycles. The number of rotatable bonds is 14. The number of aliphatic hydroxyl groups is 1. The third kappa shape index (κ3) is 15.2. The van der Waals surface area contributed by atoms with E-state index in [9.17, 15) is 4.79 Å².